The molecule has 0 aliphatic rings. The minimum absolute atomic E-state index is 0.413. The Morgan fingerprint density at radius 3 is 1.74 bits per heavy atom. The van der Waals surface area contributed by atoms with Crippen LogP contribution in [-0.2, 0) is 6.18 Å². The Bertz CT molecular complexity index is 2980. The molecule has 0 radical (unpaired) electrons. The summed E-state index contributed by atoms with van der Waals surface area (Å²) >= 11 is 1.76. The summed E-state index contributed by atoms with van der Waals surface area (Å²) in [6, 6.07) is 51.7. The Kier molecular flexibility index (Phi) is 7.42. The summed E-state index contributed by atoms with van der Waals surface area (Å²) in [7, 11) is 0. The van der Waals surface area contributed by atoms with Gasteiger partial charge in [-0.25, -0.2) is 15.0 Å². The number of hydrogen-bond donors (Lipinski definition) is 0. The zero-order valence-electron chi connectivity index (χ0n) is 28.4. The first-order chi connectivity index (χ1) is 26.4. The average Bonchev–Trinajstić information content (AvgIpc) is 3.74. The largest absolute Gasteiger partial charge is 0.416 e. The summed E-state index contributed by atoms with van der Waals surface area (Å²) in [5.74, 6) is 1.41. The van der Waals surface area contributed by atoms with E-state index in [9.17, 15) is 13.2 Å². The first-order valence-electron chi connectivity index (χ1n) is 17.4. The number of alkyl halides is 3. The van der Waals surface area contributed by atoms with E-state index < -0.39 is 11.7 Å². The van der Waals surface area contributed by atoms with Crippen LogP contribution in [0.3, 0.4) is 0 Å². The molecule has 3 heterocycles. The monoisotopic (exact) mass is 724 g/mol. The molecular weight excluding hydrogens is 698 g/mol. The summed E-state index contributed by atoms with van der Waals surface area (Å²) in [6.45, 7) is 0. The molecule has 3 aromatic heterocycles. The minimum Gasteiger partial charge on any atom is -0.309 e. The lowest BCUT2D eigenvalue weighted by Crippen LogP contribution is -2.05. The maximum absolute atomic E-state index is 14.2. The molecule has 54 heavy (non-hydrogen) atoms. The second kappa shape index (κ2) is 12.5. The van der Waals surface area contributed by atoms with Crippen LogP contribution in [0.1, 0.15) is 5.56 Å². The number of halogens is 3. The summed E-state index contributed by atoms with van der Waals surface area (Å²) in [6.07, 6.45) is -4.52. The molecule has 8 heteroatoms. The van der Waals surface area contributed by atoms with E-state index in [1.165, 1.54) is 26.9 Å². The van der Waals surface area contributed by atoms with Gasteiger partial charge in [-0.2, -0.15) is 13.2 Å². The molecule has 0 unspecified atom stereocenters. The fourth-order valence-corrected chi connectivity index (χ4v) is 8.48. The molecule has 258 valence electrons. The molecule has 0 spiro atoms. The average molecular weight is 725 g/mol. The van der Waals surface area contributed by atoms with Crippen LogP contribution >= 0.6 is 11.3 Å². The Morgan fingerprint density at radius 2 is 1.04 bits per heavy atom. The van der Waals surface area contributed by atoms with Gasteiger partial charge in [-0.1, -0.05) is 109 Å². The third kappa shape index (κ3) is 5.42. The number of rotatable bonds is 5. The molecule has 0 amide bonds. The van der Waals surface area contributed by atoms with E-state index in [1.807, 2.05) is 103 Å². The predicted octanol–water partition coefficient (Wildman–Crippen LogP) is 13.0. The highest BCUT2D eigenvalue weighted by molar-refractivity contribution is 7.25. The van der Waals surface area contributed by atoms with Crippen molar-refractivity contribution >= 4 is 53.3 Å². The quantitative estimate of drug-likeness (QED) is 0.177. The van der Waals surface area contributed by atoms with Gasteiger partial charge in [-0.3, -0.25) is 0 Å². The number of fused-ring (bicyclic) bond motifs is 6. The van der Waals surface area contributed by atoms with Gasteiger partial charge < -0.3 is 4.57 Å². The maximum atomic E-state index is 14.2. The van der Waals surface area contributed by atoms with Crippen molar-refractivity contribution in [3.05, 3.63) is 169 Å². The van der Waals surface area contributed by atoms with E-state index in [2.05, 4.69) is 41.0 Å². The van der Waals surface area contributed by atoms with Gasteiger partial charge in [-0.05, 0) is 60.2 Å². The normalized spacial score (nSPS) is 12.0. The highest BCUT2D eigenvalue weighted by Crippen LogP contribution is 2.43. The van der Waals surface area contributed by atoms with Crippen molar-refractivity contribution < 1.29 is 13.2 Å². The van der Waals surface area contributed by atoms with Crippen LogP contribution in [0.2, 0.25) is 0 Å². The fraction of sp³-hybridized carbons (Fsp3) is 0.0217. The lowest BCUT2D eigenvalue weighted by molar-refractivity contribution is -0.137. The van der Waals surface area contributed by atoms with Crippen molar-refractivity contribution in [2.75, 3.05) is 0 Å². The maximum Gasteiger partial charge on any atom is 0.416 e. The van der Waals surface area contributed by atoms with E-state index in [0.717, 1.165) is 50.1 Å². The Morgan fingerprint density at radius 1 is 0.426 bits per heavy atom. The molecule has 10 rings (SSSR count). The second-order valence-corrected chi connectivity index (χ2v) is 14.2. The van der Waals surface area contributed by atoms with Crippen molar-refractivity contribution in [3.8, 4) is 51.0 Å². The van der Waals surface area contributed by atoms with Crippen molar-refractivity contribution in [3.63, 3.8) is 0 Å². The van der Waals surface area contributed by atoms with Crippen LogP contribution in [-0.4, -0.2) is 19.5 Å². The Hall–Kier alpha value is -6.64. The summed E-state index contributed by atoms with van der Waals surface area (Å²) in [4.78, 5) is 14.7. The van der Waals surface area contributed by atoms with Gasteiger partial charge in [0.15, 0.2) is 17.5 Å². The van der Waals surface area contributed by atoms with Crippen LogP contribution in [0.15, 0.2) is 164 Å². The molecule has 0 aliphatic heterocycles. The van der Waals surface area contributed by atoms with Crippen molar-refractivity contribution in [1.82, 2.24) is 19.5 Å². The highest BCUT2D eigenvalue weighted by Gasteiger charge is 2.31. The third-order valence-corrected chi connectivity index (χ3v) is 11.0. The molecule has 0 N–H and O–H groups in total. The van der Waals surface area contributed by atoms with Crippen molar-refractivity contribution in [1.29, 1.82) is 0 Å². The standard InChI is InChI=1S/C46H27F3N4S/c47-46(48,49)32-17-11-16-30(24-32)35-25-31(45-51-43(28-12-3-1-4-13-28)50-44(52-45)29-14-5-2-6-15-29)22-23-39(35)53-38-20-9-7-18-33(38)36-27-42-37(26-40(36)53)34-19-8-10-21-41(34)54-42/h1-27H. The number of aromatic nitrogens is 4. The molecule has 0 atom stereocenters. The van der Waals surface area contributed by atoms with Crippen LogP contribution in [0.5, 0.6) is 0 Å². The van der Waals surface area contributed by atoms with Gasteiger partial charge >= 0.3 is 6.18 Å². The molecule has 0 aliphatic carbocycles. The van der Waals surface area contributed by atoms with Gasteiger partial charge in [0, 0.05) is 53.2 Å². The van der Waals surface area contributed by atoms with E-state index >= 15 is 0 Å². The molecular formula is C46H27F3N4S. The van der Waals surface area contributed by atoms with E-state index in [1.54, 1.807) is 17.4 Å². The fourth-order valence-electron chi connectivity index (χ4n) is 7.35. The third-order valence-electron chi connectivity index (χ3n) is 9.87. The van der Waals surface area contributed by atoms with Crippen molar-refractivity contribution in [2.45, 2.75) is 6.18 Å². The zero-order chi connectivity index (χ0) is 36.4. The number of hydrogen-bond acceptors (Lipinski definition) is 4. The smallest absolute Gasteiger partial charge is 0.309 e. The molecule has 0 bridgehead atoms. The number of nitrogens with zero attached hydrogens (tertiary/aromatic N) is 4. The lowest BCUT2D eigenvalue weighted by Gasteiger charge is -2.17. The van der Waals surface area contributed by atoms with Crippen LogP contribution in [0, 0.1) is 0 Å². The number of benzene rings is 7. The number of thiophene rings is 1. The second-order valence-electron chi connectivity index (χ2n) is 13.2. The highest BCUT2D eigenvalue weighted by atomic mass is 32.1. The first kappa shape index (κ1) is 32.0. The van der Waals surface area contributed by atoms with E-state index in [4.69, 9.17) is 15.0 Å². The van der Waals surface area contributed by atoms with Gasteiger partial charge in [-0.15, -0.1) is 11.3 Å². The van der Waals surface area contributed by atoms with E-state index in [0.29, 0.717) is 34.2 Å². The molecule has 0 fully saturated rings. The molecule has 7 aromatic carbocycles. The minimum atomic E-state index is -4.52. The summed E-state index contributed by atoms with van der Waals surface area (Å²) < 4.78 is 47.3. The summed E-state index contributed by atoms with van der Waals surface area (Å²) in [5, 5.41) is 4.43. The Balaban J connectivity index is 1.26. The molecule has 4 nitrogen and oxygen atoms in total. The predicted molar refractivity (Wildman–Crippen MR) is 214 cm³/mol. The zero-order valence-corrected chi connectivity index (χ0v) is 29.2. The molecule has 0 saturated carbocycles. The van der Waals surface area contributed by atoms with Gasteiger partial charge in [0.05, 0.1) is 22.3 Å². The topological polar surface area (TPSA) is 43.6 Å². The molecule has 10 aromatic rings. The number of para-hydroxylation sites is 1. The van der Waals surface area contributed by atoms with Crippen molar-refractivity contribution in [2.24, 2.45) is 0 Å². The van der Waals surface area contributed by atoms with Crippen LogP contribution in [0.4, 0.5) is 13.2 Å². The summed E-state index contributed by atoms with van der Waals surface area (Å²) in [5.41, 5.74) is 5.27. The van der Waals surface area contributed by atoms with Crippen LogP contribution in [0.25, 0.3) is 93.0 Å². The van der Waals surface area contributed by atoms with Gasteiger partial charge in [0.2, 0.25) is 0 Å². The lowest BCUT2D eigenvalue weighted by atomic mass is 9.98. The molecule has 0 saturated heterocycles. The van der Waals surface area contributed by atoms with E-state index in [-0.39, 0.29) is 0 Å². The first-order valence-corrected chi connectivity index (χ1v) is 18.2. The van der Waals surface area contributed by atoms with Crippen LogP contribution < -0.4 is 0 Å². The SMILES string of the molecule is FC(F)(F)c1cccc(-c2cc(-c3nc(-c4ccccc4)nc(-c4ccccc4)n3)ccc2-n2c3ccccc3c3cc4sc5ccccc5c4cc32)c1. The Labute approximate surface area is 311 Å². The van der Waals surface area contributed by atoms with Gasteiger partial charge in [0.1, 0.15) is 0 Å². The van der Waals surface area contributed by atoms with Gasteiger partial charge in [0.25, 0.3) is 0 Å².